The molecule has 2 heterocycles. The molecule has 1 aliphatic carbocycles. The van der Waals surface area contributed by atoms with Crippen LogP contribution >= 0.6 is 0 Å². The molecule has 0 aliphatic heterocycles. The molecule has 0 radical (unpaired) electrons. The number of benzene rings is 1. The Bertz CT molecular complexity index is 885. The maximum absolute atomic E-state index is 4.66. The van der Waals surface area contributed by atoms with Crippen molar-refractivity contribution >= 4 is 11.6 Å². The van der Waals surface area contributed by atoms with Gasteiger partial charge in [-0.2, -0.15) is 5.10 Å². The van der Waals surface area contributed by atoms with Crippen LogP contribution in [-0.2, 0) is 13.5 Å². The number of aryl methyl sites for hydroxylation is 2. The van der Waals surface area contributed by atoms with Gasteiger partial charge in [0.1, 0.15) is 0 Å². The number of fused-ring (bicyclic) bond motifs is 1. The van der Waals surface area contributed by atoms with Gasteiger partial charge < -0.3 is 10.6 Å². The fraction of sp³-hybridized carbons (Fsp3) is 0.316. The van der Waals surface area contributed by atoms with Crippen molar-refractivity contribution in [2.45, 2.75) is 25.3 Å². The summed E-state index contributed by atoms with van der Waals surface area (Å²) in [7, 11) is 3.92. The minimum Gasteiger partial charge on any atom is -0.321 e. The van der Waals surface area contributed by atoms with Crippen LogP contribution in [0.1, 0.15) is 30.0 Å². The Morgan fingerprint density at radius 2 is 2.16 bits per heavy atom. The highest BCUT2D eigenvalue weighted by Gasteiger charge is 2.19. The smallest absolute Gasteiger partial charge is 0.227 e. The molecule has 0 spiro atoms. The van der Waals surface area contributed by atoms with Gasteiger partial charge in [0, 0.05) is 31.0 Å². The summed E-state index contributed by atoms with van der Waals surface area (Å²) in [6.07, 6.45) is 9.00. The van der Waals surface area contributed by atoms with Crippen molar-refractivity contribution in [1.82, 2.24) is 25.1 Å². The van der Waals surface area contributed by atoms with Crippen LogP contribution in [0.3, 0.4) is 0 Å². The van der Waals surface area contributed by atoms with Gasteiger partial charge in [0.15, 0.2) is 0 Å². The summed E-state index contributed by atoms with van der Waals surface area (Å²) in [5.74, 6) is 0.580. The summed E-state index contributed by atoms with van der Waals surface area (Å²) in [4.78, 5) is 8.97. The zero-order chi connectivity index (χ0) is 17.2. The monoisotopic (exact) mass is 334 g/mol. The molecular formula is C19H22N6. The standard InChI is InChI=1S/C19H22N6/c1-20-18-5-3-4-13-10-14(6-7-16(13)18)17-8-9-21-19(24-17)23-15-11-22-25(2)12-15/h6-12,18,20H,3-5H2,1-2H3,(H,21,23,24). The van der Waals surface area contributed by atoms with Crippen LogP contribution in [0, 0.1) is 0 Å². The molecule has 1 unspecified atom stereocenters. The molecule has 3 aromatic rings. The van der Waals surface area contributed by atoms with E-state index in [1.807, 2.05) is 26.4 Å². The largest absolute Gasteiger partial charge is 0.321 e. The lowest BCUT2D eigenvalue weighted by Gasteiger charge is -2.25. The van der Waals surface area contributed by atoms with Crippen molar-refractivity contribution < 1.29 is 0 Å². The van der Waals surface area contributed by atoms with Crippen molar-refractivity contribution in [3.8, 4) is 11.3 Å². The van der Waals surface area contributed by atoms with Crippen LogP contribution in [0.2, 0.25) is 0 Å². The molecule has 6 heteroatoms. The van der Waals surface area contributed by atoms with Crippen molar-refractivity contribution in [1.29, 1.82) is 0 Å². The number of aromatic nitrogens is 4. The highest BCUT2D eigenvalue weighted by molar-refractivity contribution is 5.63. The van der Waals surface area contributed by atoms with Crippen LogP contribution in [0.15, 0.2) is 42.9 Å². The highest BCUT2D eigenvalue weighted by Crippen LogP contribution is 2.32. The summed E-state index contributed by atoms with van der Waals surface area (Å²) < 4.78 is 1.74. The van der Waals surface area contributed by atoms with Gasteiger partial charge in [0.2, 0.25) is 5.95 Å². The molecule has 2 N–H and O–H groups in total. The number of rotatable bonds is 4. The first-order valence-electron chi connectivity index (χ1n) is 8.62. The average molecular weight is 334 g/mol. The predicted octanol–water partition coefficient (Wildman–Crippen LogP) is 3.22. The molecule has 0 saturated carbocycles. The van der Waals surface area contributed by atoms with Crippen molar-refractivity contribution in [3.05, 3.63) is 54.0 Å². The molecule has 4 rings (SSSR count). The Kier molecular flexibility index (Phi) is 4.19. The van der Waals surface area contributed by atoms with Crippen LogP contribution in [0.4, 0.5) is 11.6 Å². The van der Waals surface area contributed by atoms with Crippen molar-refractivity contribution in [2.24, 2.45) is 7.05 Å². The maximum atomic E-state index is 4.66. The van der Waals surface area contributed by atoms with Gasteiger partial charge >= 0.3 is 0 Å². The molecule has 128 valence electrons. The summed E-state index contributed by atoms with van der Waals surface area (Å²) in [6, 6.07) is 9.08. The molecule has 1 aromatic carbocycles. The highest BCUT2D eigenvalue weighted by atomic mass is 15.3. The summed E-state index contributed by atoms with van der Waals surface area (Å²) in [5.41, 5.74) is 5.77. The first-order chi connectivity index (χ1) is 12.2. The molecule has 2 aromatic heterocycles. The topological polar surface area (TPSA) is 67.7 Å². The van der Waals surface area contributed by atoms with E-state index in [4.69, 9.17) is 0 Å². The van der Waals surface area contributed by atoms with E-state index in [1.54, 1.807) is 17.1 Å². The van der Waals surface area contributed by atoms with Crippen LogP contribution < -0.4 is 10.6 Å². The van der Waals surface area contributed by atoms with Gasteiger partial charge in [0.05, 0.1) is 17.6 Å². The molecule has 0 amide bonds. The molecule has 6 nitrogen and oxygen atoms in total. The Balaban J connectivity index is 1.62. The van der Waals surface area contributed by atoms with E-state index in [-0.39, 0.29) is 0 Å². The van der Waals surface area contributed by atoms with Crippen LogP contribution in [0.25, 0.3) is 11.3 Å². The fourth-order valence-corrected chi connectivity index (χ4v) is 3.47. The van der Waals surface area contributed by atoms with E-state index in [9.17, 15) is 0 Å². The van der Waals surface area contributed by atoms with E-state index in [2.05, 4.69) is 43.9 Å². The van der Waals surface area contributed by atoms with Crippen molar-refractivity contribution in [2.75, 3.05) is 12.4 Å². The normalized spacial score (nSPS) is 16.5. The molecule has 0 fully saturated rings. The van der Waals surface area contributed by atoms with E-state index in [0.29, 0.717) is 12.0 Å². The van der Waals surface area contributed by atoms with E-state index >= 15 is 0 Å². The lowest BCUT2D eigenvalue weighted by molar-refractivity contribution is 0.497. The first kappa shape index (κ1) is 15.8. The van der Waals surface area contributed by atoms with Gasteiger partial charge in [-0.25, -0.2) is 9.97 Å². The Hall–Kier alpha value is -2.73. The Morgan fingerprint density at radius 3 is 2.96 bits per heavy atom. The quantitative estimate of drug-likeness (QED) is 0.767. The minimum absolute atomic E-state index is 0.464. The third-order valence-electron chi connectivity index (χ3n) is 4.72. The van der Waals surface area contributed by atoms with Gasteiger partial charge in [-0.1, -0.05) is 12.1 Å². The summed E-state index contributed by atoms with van der Waals surface area (Å²) >= 11 is 0. The Labute approximate surface area is 147 Å². The number of nitrogens with zero attached hydrogens (tertiary/aromatic N) is 4. The Morgan fingerprint density at radius 1 is 1.24 bits per heavy atom. The second kappa shape index (κ2) is 6.64. The molecule has 1 aliphatic rings. The third kappa shape index (κ3) is 3.25. The number of hydrogen-bond donors (Lipinski definition) is 2. The molecule has 25 heavy (non-hydrogen) atoms. The molecule has 0 saturated heterocycles. The molecular weight excluding hydrogens is 312 g/mol. The van der Waals surface area contributed by atoms with Gasteiger partial charge in [-0.05, 0) is 49.6 Å². The number of nitrogens with one attached hydrogen (secondary N) is 2. The third-order valence-corrected chi connectivity index (χ3v) is 4.72. The fourth-order valence-electron chi connectivity index (χ4n) is 3.47. The molecule has 1 atom stereocenters. The first-order valence-corrected chi connectivity index (χ1v) is 8.62. The van der Waals surface area contributed by atoms with Crippen molar-refractivity contribution in [3.63, 3.8) is 0 Å². The zero-order valence-electron chi connectivity index (χ0n) is 14.5. The lowest BCUT2D eigenvalue weighted by atomic mass is 9.86. The van der Waals surface area contributed by atoms with E-state index < -0.39 is 0 Å². The zero-order valence-corrected chi connectivity index (χ0v) is 14.5. The second-order valence-electron chi connectivity index (χ2n) is 6.44. The SMILES string of the molecule is CNC1CCCc2cc(-c3ccnc(Nc4cnn(C)c4)n3)ccc21. The number of anilines is 2. The van der Waals surface area contributed by atoms with Crippen LogP contribution in [-0.4, -0.2) is 26.8 Å². The lowest BCUT2D eigenvalue weighted by Crippen LogP contribution is -2.21. The minimum atomic E-state index is 0.464. The molecule has 0 bridgehead atoms. The number of hydrogen-bond acceptors (Lipinski definition) is 5. The summed E-state index contributed by atoms with van der Waals surface area (Å²) in [5, 5.41) is 10.8. The van der Waals surface area contributed by atoms with Gasteiger partial charge in [-0.15, -0.1) is 0 Å². The maximum Gasteiger partial charge on any atom is 0.227 e. The average Bonchev–Trinajstić information content (AvgIpc) is 3.05. The van der Waals surface area contributed by atoms with Gasteiger partial charge in [0.25, 0.3) is 0 Å². The summed E-state index contributed by atoms with van der Waals surface area (Å²) in [6.45, 7) is 0. The van der Waals surface area contributed by atoms with E-state index in [0.717, 1.165) is 23.4 Å². The second-order valence-corrected chi connectivity index (χ2v) is 6.44. The predicted molar refractivity (Wildman–Crippen MR) is 98.7 cm³/mol. The van der Waals surface area contributed by atoms with Gasteiger partial charge in [-0.3, -0.25) is 4.68 Å². The van der Waals surface area contributed by atoms with Crippen LogP contribution in [0.5, 0.6) is 0 Å². The van der Waals surface area contributed by atoms with E-state index in [1.165, 1.54) is 24.0 Å².